The Balaban J connectivity index is 2.86. The summed E-state index contributed by atoms with van der Waals surface area (Å²) in [6, 6.07) is 1.95. The Morgan fingerprint density at radius 3 is 2.69 bits per heavy atom. The summed E-state index contributed by atoms with van der Waals surface area (Å²) in [4.78, 5) is 15.8. The fraction of sp³-hybridized carbons (Fsp3) is 0.462. The van der Waals surface area contributed by atoms with Gasteiger partial charge in [-0.05, 0) is 31.9 Å². The first-order chi connectivity index (χ1) is 7.60. The number of nitrogens with zero attached hydrogens (tertiary/aromatic N) is 1. The molecule has 86 valence electrons. The van der Waals surface area contributed by atoms with E-state index >= 15 is 0 Å². The smallest absolute Gasteiger partial charge is 0.264 e. The SMILES string of the molecule is C#CCN(CCC)C(=O)c1cc(C)c(C)s1. The molecule has 0 N–H and O–H groups in total. The zero-order chi connectivity index (χ0) is 12.1. The molecule has 1 aromatic heterocycles. The summed E-state index contributed by atoms with van der Waals surface area (Å²) in [7, 11) is 0. The van der Waals surface area contributed by atoms with E-state index in [2.05, 4.69) is 5.92 Å². The number of thiophene rings is 1. The van der Waals surface area contributed by atoms with Crippen LogP contribution in [0.2, 0.25) is 0 Å². The Morgan fingerprint density at radius 1 is 1.56 bits per heavy atom. The molecule has 16 heavy (non-hydrogen) atoms. The van der Waals surface area contributed by atoms with Crippen molar-refractivity contribution in [3.05, 3.63) is 21.4 Å². The average molecular weight is 235 g/mol. The van der Waals surface area contributed by atoms with E-state index in [0.29, 0.717) is 6.54 Å². The summed E-state index contributed by atoms with van der Waals surface area (Å²) in [5.74, 6) is 2.59. The van der Waals surface area contributed by atoms with Crippen molar-refractivity contribution < 1.29 is 4.79 Å². The fourth-order valence-corrected chi connectivity index (χ4v) is 2.47. The second-order valence-electron chi connectivity index (χ2n) is 3.78. The Hall–Kier alpha value is -1.27. The number of hydrogen-bond acceptors (Lipinski definition) is 2. The highest BCUT2D eigenvalue weighted by Crippen LogP contribution is 2.22. The number of carbonyl (C=O) groups excluding carboxylic acids is 1. The first-order valence-corrected chi connectivity index (χ1v) is 6.21. The molecule has 1 heterocycles. The van der Waals surface area contributed by atoms with E-state index in [9.17, 15) is 4.79 Å². The summed E-state index contributed by atoms with van der Waals surface area (Å²) in [6.45, 7) is 7.21. The molecule has 0 saturated carbocycles. The zero-order valence-electron chi connectivity index (χ0n) is 10.0. The summed E-state index contributed by atoms with van der Waals surface area (Å²) >= 11 is 1.54. The Morgan fingerprint density at radius 2 is 2.25 bits per heavy atom. The minimum Gasteiger partial charge on any atom is -0.327 e. The molecule has 0 saturated heterocycles. The van der Waals surface area contributed by atoms with Crippen LogP contribution in [0.3, 0.4) is 0 Å². The number of amides is 1. The quantitative estimate of drug-likeness (QED) is 0.735. The minimum absolute atomic E-state index is 0.0565. The van der Waals surface area contributed by atoms with Gasteiger partial charge in [-0.15, -0.1) is 17.8 Å². The molecule has 0 fully saturated rings. The first-order valence-electron chi connectivity index (χ1n) is 5.40. The minimum atomic E-state index is 0.0565. The molecule has 0 spiro atoms. The maximum Gasteiger partial charge on any atom is 0.264 e. The van der Waals surface area contributed by atoms with Gasteiger partial charge in [-0.2, -0.15) is 0 Å². The van der Waals surface area contributed by atoms with E-state index in [0.717, 1.165) is 17.8 Å². The van der Waals surface area contributed by atoms with E-state index in [1.54, 1.807) is 16.2 Å². The highest BCUT2D eigenvalue weighted by Gasteiger charge is 2.16. The van der Waals surface area contributed by atoms with Crippen LogP contribution >= 0.6 is 11.3 Å². The monoisotopic (exact) mass is 235 g/mol. The number of terminal acetylenes is 1. The predicted octanol–water partition coefficient (Wildman–Crippen LogP) is 2.85. The molecule has 1 amide bonds. The Kier molecular flexibility index (Phi) is 4.57. The van der Waals surface area contributed by atoms with Gasteiger partial charge in [-0.25, -0.2) is 0 Å². The lowest BCUT2D eigenvalue weighted by atomic mass is 10.2. The van der Waals surface area contributed by atoms with Gasteiger partial charge in [0.2, 0.25) is 0 Å². The molecule has 0 atom stereocenters. The fourth-order valence-electron chi connectivity index (χ4n) is 1.47. The van der Waals surface area contributed by atoms with Gasteiger partial charge in [-0.1, -0.05) is 12.8 Å². The zero-order valence-corrected chi connectivity index (χ0v) is 10.9. The van der Waals surface area contributed by atoms with Gasteiger partial charge in [0, 0.05) is 11.4 Å². The van der Waals surface area contributed by atoms with Crippen molar-refractivity contribution in [1.29, 1.82) is 0 Å². The van der Waals surface area contributed by atoms with Gasteiger partial charge in [0.05, 0.1) is 11.4 Å². The molecule has 0 bridgehead atoms. The van der Waals surface area contributed by atoms with Gasteiger partial charge in [0.1, 0.15) is 0 Å². The van der Waals surface area contributed by atoms with Crippen LogP contribution in [0.25, 0.3) is 0 Å². The van der Waals surface area contributed by atoms with E-state index in [-0.39, 0.29) is 5.91 Å². The van der Waals surface area contributed by atoms with Crippen molar-refractivity contribution in [2.24, 2.45) is 0 Å². The summed E-state index contributed by atoms with van der Waals surface area (Å²) in [5, 5.41) is 0. The summed E-state index contributed by atoms with van der Waals surface area (Å²) in [6.07, 6.45) is 6.20. The van der Waals surface area contributed by atoms with Crippen molar-refractivity contribution in [3.63, 3.8) is 0 Å². The number of hydrogen-bond donors (Lipinski definition) is 0. The van der Waals surface area contributed by atoms with Crippen LogP contribution in [0.1, 0.15) is 33.5 Å². The van der Waals surface area contributed by atoms with E-state index < -0.39 is 0 Å². The first kappa shape index (κ1) is 12.8. The van der Waals surface area contributed by atoms with Gasteiger partial charge >= 0.3 is 0 Å². The Labute approximate surface area is 101 Å². The average Bonchev–Trinajstić information content (AvgIpc) is 2.58. The molecule has 2 nitrogen and oxygen atoms in total. The van der Waals surface area contributed by atoms with Crippen molar-refractivity contribution >= 4 is 17.2 Å². The second kappa shape index (κ2) is 5.72. The van der Waals surface area contributed by atoms with Gasteiger partial charge < -0.3 is 4.90 Å². The third-order valence-electron chi connectivity index (χ3n) is 2.44. The van der Waals surface area contributed by atoms with Crippen LogP contribution in [-0.4, -0.2) is 23.9 Å². The molecule has 3 heteroatoms. The predicted molar refractivity (Wildman–Crippen MR) is 68.8 cm³/mol. The molecular formula is C13H17NOS. The molecule has 0 aliphatic rings. The molecule has 1 aromatic rings. The topological polar surface area (TPSA) is 20.3 Å². The van der Waals surface area contributed by atoms with Crippen LogP contribution in [0.15, 0.2) is 6.07 Å². The third kappa shape index (κ3) is 2.86. The number of carbonyl (C=O) groups is 1. The standard InChI is InChI=1S/C13H17NOS/c1-5-7-14(8-6-2)13(15)12-9-10(3)11(4)16-12/h1,9H,6-8H2,2-4H3. The molecule has 1 rings (SSSR count). The number of rotatable bonds is 4. The summed E-state index contributed by atoms with van der Waals surface area (Å²) < 4.78 is 0. The molecular weight excluding hydrogens is 218 g/mol. The second-order valence-corrected chi connectivity index (χ2v) is 5.04. The van der Waals surface area contributed by atoms with Gasteiger partial charge in [-0.3, -0.25) is 4.79 Å². The van der Waals surface area contributed by atoms with Gasteiger partial charge in [0.15, 0.2) is 0 Å². The van der Waals surface area contributed by atoms with Crippen molar-refractivity contribution in [1.82, 2.24) is 4.90 Å². The van der Waals surface area contributed by atoms with Crippen LogP contribution in [0.5, 0.6) is 0 Å². The summed E-state index contributed by atoms with van der Waals surface area (Å²) in [5.41, 5.74) is 1.17. The normalized spacial score (nSPS) is 9.88. The highest BCUT2D eigenvalue weighted by molar-refractivity contribution is 7.14. The number of aryl methyl sites for hydroxylation is 2. The largest absolute Gasteiger partial charge is 0.327 e. The van der Waals surface area contributed by atoms with Crippen LogP contribution in [0.4, 0.5) is 0 Å². The molecule has 0 aliphatic heterocycles. The maximum atomic E-state index is 12.1. The van der Waals surface area contributed by atoms with Crippen molar-refractivity contribution in [2.75, 3.05) is 13.1 Å². The van der Waals surface area contributed by atoms with Gasteiger partial charge in [0.25, 0.3) is 5.91 Å². The molecule has 0 aliphatic carbocycles. The third-order valence-corrected chi connectivity index (χ3v) is 3.58. The molecule has 0 aromatic carbocycles. The van der Waals surface area contributed by atoms with Crippen molar-refractivity contribution in [3.8, 4) is 12.3 Å². The van der Waals surface area contributed by atoms with E-state index in [4.69, 9.17) is 6.42 Å². The van der Waals surface area contributed by atoms with Crippen molar-refractivity contribution in [2.45, 2.75) is 27.2 Å². The maximum absolute atomic E-state index is 12.1. The van der Waals surface area contributed by atoms with Crippen LogP contribution < -0.4 is 0 Å². The molecule has 0 unspecified atom stereocenters. The van der Waals surface area contributed by atoms with E-state index in [1.807, 2.05) is 26.8 Å². The lowest BCUT2D eigenvalue weighted by Gasteiger charge is -2.18. The lowest BCUT2D eigenvalue weighted by molar-refractivity contribution is 0.0781. The molecule has 0 radical (unpaired) electrons. The Bertz CT molecular complexity index is 395. The lowest BCUT2D eigenvalue weighted by Crippen LogP contribution is -2.31. The van der Waals surface area contributed by atoms with Crippen LogP contribution in [-0.2, 0) is 0 Å². The van der Waals surface area contributed by atoms with E-state index in [1.165, 1.54) is 10.4 Å². The highest BCUT2D eigenvalue weighted by atomic mass is 32.1. The van der Waals surface area contributed by atoms with Crippen LogP contribution in [0, 0.1) is 26.2 Å².